The molecule has 1 N–H and O–H groups in total. The molecule has 0 spiro atoms. The Morgan fingerprint density at radius 3 is 2.43 bits per heavy atom. The molecule has 1 aromatic heterocycles. The Kier molecular flexibility index (Phi) is 3.89. The van der Waals surface area contributed by atoms with Gasteiger partial charge >= 0.3 is 0 Å². The molecule has 0 fully saturated rings. The molecule has 21 heavy (non-hydrogen) atoms. The molecular formula is C17H17NO3. The van der Waals surface area contributed by atoms with Crippen LogP contribution in [0.25, 0.3) is 10.9 Å². The van der Waals surface area contributed by atoms with Crippen LogP contribution in [0.1, 0.15) is 35.3 Å². The van der Waals surface area contributed by atoms with Crippen molar-refractivity contribution in [2.45, 2.75) is 27.2 Å². The van der Waals surface area contributed by atoms with Gasteiger partial charge in [-0.2, -0.15) is 0 Å². The Labute approximate surface area is 122 Å². The topological polar surface area (TPSA) is 67.0 Å². The number of nitrogens with one attached hydrogen (secondary N) is 1. The minimum Gasteiger partial charge on any atom is -0.322 e. The first kappa shape index (κ1) is 14.9. The number of hydrogen-bond acceptors (Lipinski definition) is 3. The predicted octanol–water partition coefficient (Wildman–Crippen LogP) is 2.73. The Hall–Kier alpha value is -2.49. The number of Topliss-reactive ketones (excluding diaryl/α,β-unsaturated/α-hetero) is 2. The third-order valence-corrected chi connectivity index (χ3v) is 3.51. The van der Waals surface area contributed by atoms with Crippen LogP contribution in [-0.4, -0.2) is 16.6 Å². The van der Waals surface area contributed by atoms with Gasteiger partial charge in [-0.15, -0.1) is 0 Å². The minimum absolute atomic E-state index is 0.0393. The molecule has 4 heteroatoms. The van der Waals surface area contributed by atoms with Crippen molar-refractivity contribution in [1.29, 1.82) is 0 Å². The second-order valence-corrected chi connectivity index (χ2v) is 5.31. The molecule has 0 aliphatic heterocycles. The largest absolute Gasteiger partial charge is 0.322 e. The third-order valence-electron chi connectivity index (χ3n) is 3.51. The lowest BCUT2D eigenvalue weighted by molar-refractivity contribution is -0.114. The van der Waals surface area contributed by atoms with Crippen LogP contribution in [0.3, 0.4) is 0 Å². The molecule has 0 saturated heterocycles. The van der Waals surface area contributed by atoms with Crippen LogP contribution in [0, 0.1) is 6.92 Å². The van der Waals surface area contributed by atoms with E-state index >= 15 is 0 Å². The number of rotatable bonds is 4. The molecule has 0 aliphatic rings. The Morgan fingerprint density at radius 2 is 1.86 bits per heavy atom. The van der Waals surface area contributed by atoms with Crippen LogP contribution in [0.4, 0.5) is 0 Å². The maximum absolute atomic E-state index is 11.8. The molecular weight excluding hydrogens is 266 g/mol. The minimum atomic E-state index is -0.325. The average Bonchev–Trinajstić information content (AvgIpc) is 2.39. The highest BCUT2D eigenvalue weighted by molar-refractivity contribution is 6.06. The zero-order valence-electron chi connectivity index (χ0n) is 12.4. The lowest BCUT2D eigenvalue weighted by atomic mass is 9.96. The summed E-state index contributed by atoms with van der Waals surface area (Å²) in [5, 5.41) is 0.700. The van der Waals surface area contributed by atoms with E-state index in [4.69, 9.17) is 0 Å². The van der Waals surface area contributed by atoms with Crippen LogP contribution in [-0.2, 0) is 11.2 Å². The van der Waals surface area contributed by atoms with Gasteiger partial charge in [-0.1, -0.05) is 6.58 Å². The van der Waals surface area contributed by atoms with Gasteiger partial charge in [0.1, 0.15) is 0 Å². The summed E-state index contributed by atoms with van der Waals surface area (Å²) in [6.07, 6.45) is 0.240. The average molecular weight is 283 g/mol. The summed E-state index contributed by atoms with van der Waals surface area (Å²) < 4.78 is 0. The SMILES string of the molecule is C=C(C)C(=O)Cc1cc2[nH]c(=O)cc(C(C)=O)c2cc1C. The van der Waals surface area contributed by atoms with Gasteiger partial charge < -0.3 is 4.98 Å². The van der Waals surface area contributed by atoms with E-state index in [-0.39, 0.29) is 23.5 Å². The number of hydrogen-bond donors (Lipinski definition) is 1. The maximum Gasteiger partial charge on any atom is 0.249 e. The normalized spacial score (nSPS) is 10.6. The van der Waals surface area contributed by atoms with Gasteiger partial charge in [0, 0.05) is 29.0 Å². The van der Waals surface area contributed by atoms with Gasteiger partial charge in [-0.3, -0.25) is 14.4 Å². The molecule has 108 valence electrons. The second kappa shape index (κ2) is 5.48. The van der Waals surface area contributed by atoms with E-state index in [1.165, 1.54) is 13.0 Å². The number of carbonyl (C=O) groups excluding carboxylic acids is 2. The van der Waals surface area contributed by atoms with Crippen molar-refractivity contribution in [3.05, 3.63) is 57.4 Å². The van der Waals surface area contributed by atoms with Gasteiger partial charge in [0.2, 0.25) is 5.56 Å². The molecule has 0 radical (unpaired) electrons. The fraction of sp³-hybridized carbons (Fsp3) is 0.235. The summed E-state index contributed by atoms with van der Waals surface area (Å²) >= 11 is 0. The Morgan fingerprint density at radius 1 is 1.19 bits per heavy atom. The number of carbonyl (C=O) groups is 2. The quantitative estimate of drug-likeness (QED) is 0.693. The van der Waals surface area contributed by atoms with Crippen LogP contribution < -0.4 is 5.56 Å². The number of pyridine rings is 1. The van der Waals surface area contributed by atoms with Crippen LogP contribution >= 0.6 is 0 Å². The Bertz CT molecular complexity index is 828. The van der Waals surface area contributed by atoms with Crippen molar-refractivity contribution in [3.8, 4) is 0 Å². The third kappa shape index (κ3) is 2.99. The zero-order valence-corrected chi connectivity index (χ0v) is 12.4. The smallest absolute Gasteiger partial charge is 0.249 e. The summed E-state index contributed by atoms with van der Waals surface area (Å²) in [7, 11) is 0. The van der Waals surface area contributed by atoms with E-state index in [0.717, 1.165) is 11.1 Å². The zero-order chi connectivity index (χ0) is 15.7. The van der Waals surface area contributed by atoms with Crippen molar-refractivity contribution < 1.29 is 9.59 Å². The molecule has 0 amide bonds. The molecule has 4 nitrogen and oxygen atoms in total. The van der Waals surface area contributed by atoms with Crippen molar-refractivity contribution in [2.75, 3.05) is 0 Å². The fourth-order valence-corrected chi connectivity index (χ4v) is 2.26. The first-order valence-electron chi connectivity index (χ1n) is 6.66. The highest BCUT2D eigenvalue weighted by Crippen LogP contribution is 2.22. The Balaban J connectivity index is 2.66. The van der Waals surface area contributed by atoms with E-state index in [2.05, 4.69) is 11.6 Å². The van der Waals surface area contributed by atoms with E-state index in [1.807, 2.05) is 13.0 Å². The fourth-order valence-electron chi connectivity index (χ4n) is 2.26. The molecule has 1 heterocycles. The maximum atomic E-state index is 11.8. The number of aromatic nitrogens is 1. The van der Waals surface area contributed by atoms with E-state index in [9.17, 15) is 14.4 Å². The van der Waals surface area contributed by atoms with Crippen LogP contribution in [0.15, 0.2) is 35.1 Å². The second-order valence-electron chi connectivity index (χ2n) is 5.31. The molecule has 0 aliphatic carbocycles. The van der Waals surface area contributed by atoms with E-state index < -0.39 is 0 Å². The van der Waals surface area contributed by atoms with Crippen molar-refractivity contribution in [3.63, 3.8) is 0 Å². The number of aryl methyl sites for hydroxylation is 1. The number of ketones is 2. The number of H-pyrrole nitrogens is 1. The summed E-state index contributed by atoms with van der Waals surface area (Å²) in [6.45, 7) is 8.63. The summed E-state index contributed by atoms with van der Waals surface area (Å²) in [6, 6.07) is 4.91. The molecule has 2 rings (SSSR count). The van der Waals surface area contributed by atoms with Crippen molar-refractivity contribution in [1.82, 2.24) is 4.98 Å². The van der Waals surface area contributed by atoms with Gasteiger partial charge in [0.15, 0.2) is 11.6 Å². The lowest BCUT2D eigenvalue weighted by Crippen LogP contribution is -2.10. The molecule has 0 atom stereocenters. The summed E-state index contributed by atoms with van der Waals surface area (Å²) in [4.78, 5) is 37.8. The van der Waals surface area contributed by atoms with E-state index in [1.54, 1.807) is 13.0 Å². The number of fused-ring (bicyclic) bond motifs is 1. The standard InChI is InChI=1S/C17H17NO3/c1-9(2)16(20)7-12-6-15-14(5-10(12)3)13(11(4)19)8-17(21)18-15/h5-6,8H,1,7H2,2-4H3,(H,18,21). The van der Waals surface area contributed by atoms with Crippen molar-refractivity contribution >= 4 is 22.5 Å². The van der Waals surface area contributed by atoms with Gasteiger partial charge in [-0.05, 0) is 49.6 Å². The summed E-state index contributed by atoms with van der Waals surface area (Å²) in [5.74, 6) is -0.196. The van der Waals surface area contributed by atoms with Gasteiger partial charge in [0.25, 0.3) is 0 Å². The number of benzene rings is 1. The first-order valence-corrected chi connectivity index (χ1v) is 6.66. The van der Waals surface area contributed by atoms with Crippen LogP contribution in [0.5, 0.6) is 0 Å². The molecule has 0 saturated carbocycles. The first-order chi connectivity index (χ1) is 9.79. The van der Waals surface area contributed by atoms with Gasteiger partial charge in [-0.25, -0.2) is 0 Å². The van der Waals surface area contributed by atoms with Gasteiger partial charge in [0.05, 0.1) is 0 Å². The van der Waals surface area contributed by atoms with E-state index in [0.29, 0.717) is 22.0 Å². The lowest BCUT2D eigenvalue weighted by Gasteiger charge is -2.10. The molecule has 0 bridgehead atoms. The molecule has 1 aromatic carbocycles. The predicted molar refractivity (Wildman–Crippen MR) is 82.8 cm³/mol. The highest BCUT2D eigenvalue weighted by Gasteiger charge is 2.12. The monoisotopic (exact) mass is 283 g/mol. The summed E-state index contributed by atoms with van der Waals surface area (Å²) in [5.41, 5.74) is 2.88. The molecule has 2 aromatic rings. The highest BCUT2D eigenvalue weighted by atomic mass is 16.1. The molecule has 0 unspecified atom stereocenters. The number of aromatic amines is 1. The van der Waals surface area contributed by atoms with Crippen LogP contribution in [0.2, 0.25) is 0 Å². The van der Waals surface area contributed by atoms with Crippen molar-refractivity contribution in [2.24, 2.45) is 0 Å². The number of allylic oxidation sites excluding steroid dienone is 1.